The Balaban J connectivity index is 1.93. The quantitative estimate of drug-likeness (QED) is 0.706. The summed E-state index contributed by atoms with van der Waals surface area (Å²) in [5.74, 6) is -0.154. The topological polar surface area (TPSA) is 83.8 Å². The van der Waals surface area contributed by atoms with Crippen LogP contribution < -0.4 is 11.1 Å². The zero-order chi connectivity index (χ0) is 13.9. The second kappa shape index (κ2) is 5.63. The number of rotatable bonds is 7. The predicted octanol–water partition coefficient (Wildman–Crippen LogP) is 2.25. The number of aromatic nitrogens is 2. The Hall–Kier alpha value is -1.52. The fourth-order valence-electron chi connectivity index (χ4n) is 2.57. The van der Waals surface area contributed by atoms with Gasteiger partial charge in [-0.3, -0.25) is 9.89 Å². The van der Waals surface area contributed by atoms with Crippen molar-refractivity contribution in [2.24, 2.45) is 5.41 Å². The highest BCUT2D eigenvalue weighted by atomic mass is 16.1. The summed E-state index contributed by atoms with van der Waals surface area (Å²) in [5.41, 5.74) is 8.00. The van der Waals surface area contributed by atoms with Crippen LogP contribution in [0.2, 0.25) is 0 Å². The van der Waals surface area contributed by atoms with Crippen molar-refractivity contribution in [3.63, 3.8) is 0 Å². The standard InChI is InChI=1S/C14H24N4O/c1-3-5-10-11(15)12(18-17-10)13(19)16-9-14(6-4-2)7-8-14/h3-9,15H2,1-2H3,(H,16,19)(H,17,18). The largest absolute Gasteiger partial charge is 0.395 e. The summed E-state index contributed by atoms with van der Waals surface area (Å²) in [6.45, 7) is 5.00. The van der Waals surface area contributed by atoms with E-state index < -0.39 is 0 Å². The molecular formula is C14H24N4O. The molecule has 0 aliphatic heterocycles. The first-order valence-corrected chi connectivity index (χ1v) is 7.23. The number of hydrogen-bond donors (Lipinski definition) is 3. The van der Waals surface area contributed by atoms with Crippen molar-refractivity contribution in [1.82, 2.24) is 15.5 Å². The SMILES string of the molecule is CCCc1[nH]nc(C(=O)NCC2(CCC)CC2)c1N. The molecule has 0 radical (unpaired) electrons. The Kier molecular flexibility index (Phi) is 4.12. The Morgan fingerprint density at radius 1 is 1.42 bits per heavy atom. The molecule has 0 spiro atoms. The number of aromatic amines is 1. The van der Waals surface area contributed by atoms with Crippen LogP contribution >= 0.6 is 0 Å². The fraction of sp³-hybridized carbons (Fsp3) is 0.714. The maximum absolute atomic E-state index is 12.1. The van der Waals surface area contributed by atoms with Gasteiger partial charge in [-0.15, -0.1) is 0 Å². The van der Waals surface area contributed by atoms with E-state index in [0.29, 0.717) is 16.8 Å². The summed E-state index contributed by atoms with van der Waals surface area (Å²) < 4.78 is 0. The molecule has 2 rings (SSSR count). The first-order valence-electron chi connectivity index (χ1n) is 7.23. The van der Waals surface area contributed by atoms with Crippen LogP contribution in [0.25, 0.3) is 0 Å². The minimum atomic E-state index is -0.154. The molecule has 1 aromatic rings. The first kappa shape index (κ1) is 13.9. The van der Waals surface area contributed by atoms with E-state index in [-0.39, 0.29) is 5.91 Å². The summed E-state index contributed by atoms with van der Waals surface area (Å²) >= 11 is 0. The Morgan fingerprint density at radius 2 is 2.16 bits per heavy atom. The zero-order valence-electron chi connectivity index (χ0n) is 11.9. The molecule has 0 unspecified atom stereocenters. The van der Waals surface area contributed by atoms with Gasteiger partial charge in [0.1, 0.15) is 0 Å². The third-order valence-corrected chi connectivity index (χ3v) is 3.96. The molecular weight excluding hydrogens is 240 g/mol. The maximum atomic E-state index is 12.1. The van der Waals surface area contributed by atoms with Crippen LogP contribution in [0.1, 0.15) is 62.1 Å². The van der Waals surface area contributed by atoms with Gasteiger partial charge in [-0.05, 0) is 31.1 Å². The highest BCUT2D eigenvalue weighted by Gasteiger charge is 2.41. The molecule has 1 fully saturated rings. The number of anilines is 1. The molecule has 1 aromatic heterocycles. The van der Waals surface area contributed by atoms with Crippen LogP contribution in [-0.4, -0.2) is 22.6 Å². The number of hydrogen-bond acceptors (Lipinski definition) is 3. The van der Waals surface area contributed by atoms with Crippen molar-refractivity contribution in [2.45, 2.75) is 52.4 Å². The Morgan fingerprint density at radius 3 is 2.74 bits per heavy atom. The van der Waals surface area contributed by atoms with Gasteiger partial charge in [0.15, 0.2) is 5.69 Å². The summed E-state index contributed by atoms with van der Waals surface area (Å²) in [6, 6.07) is 0. The molecule has 1 saturated carbocycles. The van der Waals surface area contributed by atoms with Crippen molar-refractivity contribution in [3.8, 4) is 0 Å². The van der Waals surface area contributed by atoms with E-state index in [4.69, 9.17) is 5.73 Å². The monoisotopic (exact) mass is 264 g/mol. The second-order valence-corrected chi connectivity index (χ2v) is 5.65. The number of carbonyl (C=O) groups excluding carboxylic acids is 1. The average Bonchev–Trinajstić information content (AvgIpc) is 3.07. The molecule has 1 aliphatic carbocycles. The average molecular weight is 264 g/mol. The third-order valence-electron chi connectivity index (χ3n) is 3.96. The lowest BCUT2D eigenvalue weighted by atomic mass is 10.0. The van der Waals surface area contributed by atoms with Crippen LogP contribution in [0.4, 0.5) is 5.69 Å². The van der Waals surface area contributed by atoms with Crippen LogP contribution in [0.3, 0.4) is 0 Å². The van der Waals surface area contributed by atoms with Gasteiger partial charge in [0.25, 0.3) is 5.91 Å². The van der Waals surface area contributed by atoms with Crippen LogP contribution in [-0.2, 0) is 6.42 Å². The summed E-state index contributed by atoms with van der Waals surface area (Å²) in [4.78, 5) is 12.1. The molecule has 1 aliphatic rings. The highest BCUT2D eigenvalue weighted by Crippen LogP contribution is 2.48. The van der Waals surface area contributed by atoms with Gasteiger partial charge < -0.3 is 11.1 Å². The lowest BCUT2D eigenvalue weighted by Gasteiger charge is -2.14. The minimum absolute atomic E-state index is 0.154. The molecule has 1 heterocycles. The van der Waals surface area contributed by atoms with Gasteiger partial charge >= 0.3 is 0 Å². The normalized spacial score (nSPS) is 16.3. The highest BCUT2D eigenvalue weighted by molar-refractivity contribution is 5.97. The molecule has 4 N–H and O–H groups in total. The fourth-order valence-corrected chi connectivity index (χ4v) is 2.57. The van der Waals surface area contributed by atoms with Gasteiger partial charge in [0, 0.05) is 6.54 Å². The van der Waals surface area contributed by atoms with E-state index >= 15 is 0 Å². The molecule has 0 atom stereocenters. The predicted molar refractivity (Wildman–Crippen MR) is 75.9 cm³/mol. The van der Waals surface area contributed by atoms with E-state index in [1.54, 1.807) is 0 Å². The van der Waals surface area contributed by atoms with Gasteiger partial charge in [-0.25, -0.2) is 0 Å². The number of aryl methyl sites for hydroxylation is 1. The minimum Gasteiger partial charge on any atom is -0.395 e. The Bertz CT molecular complexity index is 448. The van der Waals surface area contributed by atoms with E-state index in [1.165, 1.54) is 25.7 Å². The summed E-state index contributed by atoms with van der Waals surface area (Å²) in [6.07, 6.45) is 6.60. The van der Waals surface area contributed by atoms with E-state index in [2.05, 4.69) is 29.4 Å². The number of H-pyrrole nitrogens is 1. The smallest absolute Gasteiger partial charge is 0.273 e. The molecule has 19 heavy (non-hydrogen) atoms. The van der Waals surface area contributed by atoms with Crippen molar-refractivity contribution in [1.29, 1.82) is 0 Å². The first-order chi connectivity index (χ1) is 9.12. The molecule has 5 heteroatoms. The number of nitrogens with two attached hydrogens (primary N) is 1. The van der Waals surface area contributed by atoms with Gasteiger partial charge in [0.05, 0.1) is 11.4 Å². The lowest BCUT2D eigenvalue weighted by Crippen LogP contribution is -2.31. The van der Waals surface area contributed by atoms with Crippen molar-refractivity contribution in [3.05, 3.63) is 11.4 Å². The summed E-state index contributed by atoms with van der Waals surface area (Å²) in [5, 5.41) is 9.88. The van der Waals surface area contributed by atoms with Crippen molar-refractivity contribution < 1.29 is 4.79 Å². The lowest BCUT2D eigenvalue weighted by molar-refractivity contribution is 0.0939. The number of nitrogen functional groups attached to an aromatic ring is 1. The van der Waals surface area contributed by atoms with Crippen LogP contribution in [0, 0.1) is 5.41 Å². The molecule has 0 saturated heterocycles. The molecule has 0 aromatic carbocycles. The van der Waals surface area contributed by atoms with Gasteiger partial charge in [0.2, 0.25) is 0 Å². The van der Waals surface area contributed by atoms with Gasteiger partial charge in [-0.1, -0.05) is 26.7 Å². The van der Waals surface area contributed by atoms with E-state index in [1.807, 2.05) is 0 Å². The Labute approximate surface area is 114 Å². The van der Waals surface area contributed by atoms with Gasteiger partial charge in [-0.2, -0.15) is 5.10 Å². The molecule has 106 valence electrons. The third kappa shape index (κ3) is 3.08. The zero-order valence-corrected chi connectivity index (χ0v) is 11.9. The van der Waals surface area contributed by atoms with Crippen LogP contribution in [0.5, 0.6) is 0 Å². The van der Waals surface area contributed by atoms with Crippen molar-refractivity contribution in [2.75, 3.05) is 12.3 Å². The maximum Gasteiger partial charge on any atom is 0.273 e. The van der Waals surface area contributed by atoms with Crippen LogP contribution in [0.15, 0.2) is 0 Å². The van der Waals surface area contributed by atoms with Crippen molar-refractivity contribution >= 4 is 11.6 Å². The molecule has 5 nitrogen and oxygen atoms in total. The number of carbonyl (C=O) groups is 1. The summed E-state index contributed by atoms with van der Waals surface area (Å²) in [7, 11) is 0. The molecule has 0 bridgehead atoms. The van der Waals surface area contributed by atoms with E-state index in [9.17, 15) is 4.79 Å². The second-order valence-electron chi connectivity index (χ2n) is 5.65. The number of nitrogens with zero attached hydrogens (tertiary/aromatic N) is 1. The number of nitrogens with one attached hydrogen (secondary N) is 2. The molecule has 1 amide bonds. The van der Waals surface area contributed by atoms with E-state index in [0.717, 1.165) is 25.1 Å². The number of amides is 1.